The molecule has 76 valence electrons. The van der Waals surface area contributed by atoms with Crippen molar-refractivity contribution < 1.29 is 4.79 Å². The summed E-state index contributed by atoms with van der Waals surface area (Å²) in [6.07, 6.45) is 0. The molecule has 0 aliphatic heterocycles. The zero-order valence-corrected chi connectivity index (χ0v) is 10.3. The summed E-state index contributed by atoms with van der Waals surface area (Å²) in [6, 6.07) is 5.30. The van der Waals surface area contributed by atoms with Gasteiger partial charge in [-0.25, -0.2) is 0 Å². The van der Waals surface area contributed by atoms with Crippen molar-refractivity contribution in [2.24, 2.45) is 5.92 Å². The van der Waals surface area contributed by atoms with Gasteiger partial charge in [-0.3, -0.25) is 4.79 Å². The topological polar surface area (TPSA) is 29.1 Å². The van der Waals surface area contributed by atoms with Gasteiger partial charge in [0.15, 0.2) is 0 Å². The van der Waals surface area contributed by atoms with Crippen LogP contribution in [0.3, 0.4) is 0 Å². The molecule has 0 saturated heterocycles. The fraction of sp³-hybridized carbons (Fsp3) is 0.300. The molecule has 1 aromatic rings. The predicted molar refractivity (Wildman–Crippen MR) is 62.6 cm³/mol. The van der Waals surface area contributed by atoms with E-state index in [0.717, 1.165) is 4.47 Å². The molecule has 1 aromatic carbocycles. The van der Waals surface area contributed by atoms with E-state index in [1.165, 1.54) is 0 Å². The molecular weight excluding hydrogens is 265 g/mol. The largest absolute Gasteiger partial charge is 0.326 e. The number of rotatable bonds is 2. The van der Waals surface area contributed by atoms with E-state index in [4.69, 9.17) is 11.6 Å². The van der Waals surface area contributed by atoms with Crippen molar-refractivity contribution in [3.8, 4) is 0 Å². The van der Waals surface area contributed by atoms with Gasteiger partial charge in [-0.05, 0) is 18.2 Å². The van der Waals surface area contributed by atoms with Crippen LogP contribution in [0.25, 0.3) is 0 Å². The maximum atomic E-state index is 11.4. The second-order valence-electron chi connectivity index (χ2n) is 3.30. The summed E-state index contributed by atoms with van der Waals surface area (Å²) in [5, 5.41) is 3.37. The third kappa shape index (κ3) is 3.31. The molecule has 0 aliphatic rings. The molecular formula is C10H11BrClNO. The van der Waals surface area contributed by atoms with Gasteiger partial charge in [0.25, 0.3) is 0 Å². The van der Waals surface area contributed by atoms with Crippen molar-refractivity contribution in [3.63, 3.8) is 0 Å². The van der Waals surface area contributed by atoms with Crippen molar-refractivity contribution in [2.75, 3.05) is 5.32 Å². The minimum Gasteiger partial charge on any atom is -0.326 e. The molecule has 0 heterocycles. The van der Waals surface area contributed by atoms with Crippen LogP contribution in [-0.4, -0.2) is 5.91 Å². The first-order valence-electron chi connectivity index (χ1n) is 4.26. The second-order valence-corrected chi connectivity index (χ2v) is 4.65. The van der Waals surface area contributed by atoms with Gasteiger partial charge in [-0.15, -0.1) is 0 Å². The second kappa shape index (κ2) is 4.80. The number of hydrogen-bond acceptors (Lipinski definition) is 1. The molecule has 0 aromatic heterocycles. The van der Waals surface area contributed by atoms with E-state index in [2.05, 4.69) is 21.2 Å². The summed E-state index contributed by atoms with van der Waals surface area (Å²) in [5.41, 5.74) is 0.711. The van der Waals surface area contributed by atoms with E-state index in [1.807, 2.05) is 19.9 Å². The Balaban J connectivity index is 2.82. The molecule has 0 bridgehead atoms. The summed E-state index contributed by atoms with van der Waals surface area (Å²) >= 11 is 9.14. The Morgan fingerprint density at radius 3 is 2.57 bits per heavy atom. The smallest absolute Gasteiger partial charge is 0.226 e. The first-order chi connectivity index (χ1) is 6.49. The lowest BCUT2D eigenvalue weighted by atomic mass is 10.2. The summed E-state index contributed by atoms with van der Waals surface area (Å²) in [6.45, 7) is 3.68. The lowest BCUT2D eigenvalue weighted by molar-refractivity contribution is -0.118. The van der Waals surface area contributed by atoms with Gasteiger partial charge in [0.05, 0.1) is 0 Å². The third-order valence-electron chi connectivity index (χ3n) is 1.65. The van der Waals surface area contributed by atoms with Crippen LogP contribution in [0, 0.1) is 5.92 Å². The van der Waals surface area contributed by atoms with Crippen LogP contribution in [0.5, 0.6) is 0 Å². The number of halogens is 2. The monoisotopic (exact) mass is 275 g/mol. The Kier molecular flexibility index (Phi) is 3.96. The van der Waals surface area contributed by atoms with E-state index < -0.39 is 0 Å². The van der Waals surface area contributed by atoms with E-state index in [-0.39, 0.29) is 11.8 Å². The molecule has 2 nitrogen and oxygen atoms in total. The fourth-order valence-corrected chi connectivity index (χ4v) is 1.77. The van der Waals surface area contributed by atoms with E-state index >= 15 is 0 Å². The highest BCUT2D eigenvalue weighted by Gasteiger charge is 2.07. The number of carbonyl (C=O) groups is 1. The molecule has 4 heteroatoms. The lowest BCUT2D eigenvalue weighted by Gasteiger charge is -2.08. The Morgan fingerprint density at radius 1 is 1.43 bits per heavy atom. The van der Waals surface area contributed by atoms with Crippen molar-refractivity contribution in [2.45, 2.75) is 13.8 Å². The maximum absolute atomic E-state index is 11.4. The van der Waals surface area contributed by atoms with Crippen molar-refractivity contribution in [3.05, 3.63) is 27.7 Å². The van der Waals surface area contributed by atoms with Gasteiger partial charge in [-0.2, -0.15) is 0 Å². The SMILES string of the molecule is CC(C)C(=O)Nc1cc(Cl)cc(Br)c1. The molecule has 14 heavy (non-hydrogen) atoms. The van der Waals surface area contributed by atoms with Crippen LogP contribution in [-0.2, 0) is 4.79 Å². The number of carbonyl (C=O) groups excluding carboxylic acids is 1. The summed E-state index contributed by atoms with van der Waals surface area (Å²) in [7, 11) is 0. The molecule has 0 saturated carbocycles. The Morgan fingerprint density at radius 2 is 2.07 bits per heavy atom. The molecule has 1 N–H and O–H groups in total. The van der Waals surface area contributed by atoms with Gasteiger partial charge < -0.3 is 5.32 Å². The lowest BCUT2D eigenvalue weighted by Crippen LogP contribution is -2.17. The summed E-state index contributed by atoms with van der Waals surface area (Å²) in [5.74, 6) is -0.0491. The Bertz CT molecular complexity index is 332. The van der Waals surface area contributed by atoms with Crippen molar-refractivity contribution in [1.82, 2.24) is 0 Å². The number of nitrogens with one attached hydrogen (secondary N) is 1. The van der Waals surface area contributed by atoms with Crippen LogP contribution < -0.4 is 5.32 Å². The fourth-order valence-electron chi connectivity index (χ4n) is 0.913. The van der Waals surface area contributed by atoms with Gasteiger partial charge in [0.1, 0.15) is 0 Å². The summed E-state index contributed by atoms with van der Waals surface area (Å²) in [4.78, 5) is 11.4. The number of amides is 1. The Hall–Kier alpha value is -0.540. The average Bonchev–Trinajstić information content (AvgIpc) is 2.01. The van der Waals surface area contributed by atoms with E-state index in [9.17, 15) is 4.79 Å². The van der Waals surface area contributed by atoms with Crippen LogP contribution in [0.15, 0.2) is 22.7 Å². The molecule has 1 rings (SSSR count). The summed E-state index contributed by atoms with van der Waals surface area (Å²) < 4.78 is 0.851. The van der Waals surface area contributed by atoms with Crippen molar-refractivity contribution in [1.29, 1.82) is 0 Å². The molecule has 0 unspecified atom stereocenters. The molecule has 0 radical (unpaired) electrons. The molecule has 1 amide bonds. The first-order valence-corrected chi connectivity index (χ1v) is 5.43. The quantitative estimate of drug-likeness (QED) is 0.877. The highest BCUT2D eigenvalue weighted by molar-refractivity contribution is 9.10. The zero-order chi connectivity index (χ0) is 10.7. The van der Waals surface area contributed by atoms with E-state index in [0.29, 0.717) is 10.7 Å². The minimum atomic E-state index is -0.0345. The standard InChI is InChI=1S/C10H11BrClNO/c1-6(2)10(14)13-9-4-7(11)3-8(12)5-9/h3-6H,1-2H3,(H,13,14). The van der Waals surface area contributed by atoms with Gasteiger partial charge in [0, 0.05) is 21.1 Å². The average molecular weight is 277 g/mol. The highest BCUT2D eigenvalue weighted by Crippen LogP contribution is 2.23. The van der Waals surface area contributed by atoms with Gasteiger partial charge >= 0.3 is 0 Å². The van der Waals surface area contributed by atoms with Crippen molar-refractivity contribution >= 4 is 39.1 Å². The minimum absolute atomic E-state index is 0.0147. The third-order valence-corrected chi connectivity index (χ3v) is 2.33. The van der Waals surface area contributed by atoms with Gasteiger partial charge in [0.2, 0.25) is 5.91 Å². The first kappa shape index (κ1) is 11.5. The molecule has 0 fully saturated rings. The number of anilines is 1. The van der Waals surface area contributed by atoms with E-state index in [1.54, 1.807) is 12.1 Å². The highest BCUT2D eigenvalue weighted by atomic mass is 79.9. The zero-order valence-electron chi connectivity index (χ0n) is 7.97. The van der Waals surface area contributed by atoms with Crippen LogP contribution in [0.2, 0.25) is 5.02 Å². The number of benzene rings is 1. The van der Waals surface area contributed by atoms with Crippen LogP contribution >= 0.6 is 27.5 Å². The van der Waals surface area contributed by atoms with Gasteiger partial charge in [-0.1, -0.05) is 41.4 Å². The maximum Gasteiger partial charge on any atom is 0.226 e. The predicted octanol–water partition coefficient (Wildman–Crippen LogP) is 3.70. The number of hydrogen-bond donors (Lipinski definition) is 1. The Labute approximate surface area is 96.8 Å². The van der Waals surface area contributed by atoms with Crippen LogP contribution in [0.4, 0.5) is 5.69 Å². The molecule has 0 atom stereocenters. The van der Waals surface area contributed by atoms with Crippen LogP contribution in [0.1, 0.15) is 13.8 Å². The molecule has 0 aliphatic carbocycles. The molecule has 0 spiro atoms. The normalized spacial score (nSPS) is 10.4.